The fourth-order valence-corrected chi connectivity index (χ4v) is 3.70. The Labute approximate surface area is 145 Å². The Bertz CT molecular complexity index is 586. The second-order valence-electron chi connectivity index (χ2n) is 8.39. The predicted molar refractivity (Wildman–Crippen MR) is 95.4 cm³/mol. The van der Waals surface area contributed by atoms with Crippen LogP contribution in [0, 0.1) is 11.3 Å². The average Bonchev–Trinajstić information content (AvgIpc) is 2.85. The lowest BCUT2D eigenvalue weighted by atomic mass is 9.89. The van der Waals surface area contributed by atoms with Gasteiger partial charge >= 0.3 is 0 Å². The predicted octanol–water partition coefficient (Wildman–Crippen LogP) is 2.82. The van der Waals surface area contributed by atoms with Crippen molar-refractivity contribution in [2.24, 2.45) is 11.3 Å². The van der Waals surface area contributed by atoms with E-state index in [2.05, 4.69) is 15.9 Å². The summed E-state index contributed by atoms with van der Waals surface area (Å²) in [6.45, 7) is 10.3. The molecule has 0 radical (unpaired) electrons. The lowest BCUT2D eigenvalue weighted by molar-refractivity contribution is -0.127. The van der Waals surface area contributed by atoms with Gasteiger partial charge in [0.1, 0.15) is 6.23 Å². The number of Topliss-reactive ketones (excluding diaryl/α,β-unsaturated/α-hetero) is 1. The molecule has 0 spiro atoms. The largest absolute Gasteiger partial charge is 0.374 e. The normalized spacial score (nSPS) is 23.4. The van der Waals surface area contributed by atoms with E-state index in [0.717, 1.165) is 44.6 Å². The first-order valence-electron chi connectivity index (χ1n) is 9.10. The van der Waals surface area contributed by atoms with Gasteiger partial charge in [-0.05, 0) is 43.0 Å². The molecule has 0 bridgehead atoms. The number of carbonyl (C=O) groups is 1. The smallest absolute Gasteiger partial charge is 0.152 e. The SMILES string of the molecule is CC(C)(C)C(=O)CN1CCC(CN2Cc3ccccc3C2O)CC1. The van der Waals surface area contributed by atoms with Gasteiger partial charge in [0.15, 0.2) is 5.78 Å². The van der Waals surface area contributed by atoms with Crippen molar-refractivity contribution in [3.63, 3.8) is 0 Å². The van der Waals surface area contributed by atoms with Gasteiger partial charge < -0.3 is 5.11 Å². The van der Waals surface area contributed by atoms with Crippen LogP contribution in [0.3, 0.4) is 0 Å². The standard InChI is InChI=1S/C20H30N2O2/c1-20(2,3)18(23)14-21-10-8-15(9-11-21)12-22-13-16-6-4-5-7-17(16)19(22)24/h4-7,15,19,24H,8-14H2,1-3H3. The van der Waals surface area contributed by atoms with E-state index >= 15 is 0 Å². The summed E-state index contributed by atoms with van der Waals surface area (Å²) in [7, 11) is 0. The van der Waals surface area contributed by atoms with E-state index in [0.29, 0.717) is 18.2 Å². The summed E-state index contributed by atoms with van der Waals surface area (Å²) >= 11 is 0. The Hall–Kier alpha value is -1.23. The Balaban J connectivity index is 1.48. The van der Waals surface area contributed by atoms with Crippen LogP contribution < -0.4 is 0 Å². The maximum Gasteiger partial charge on any atom is 0.152 e. The van der Waals surface area contributed by atoms with E-state index in [1.54, 1.807) is 0 Å². The number of ketones is 1. The zero-order chi connectivity index (χ0) is 17.3. The fourth-order valence-electron chi connectivity index (χ4n) is 3.70. The Morgan fingerprint density at radius 3 is 2.50 bits per heavy atom. The van der Waals surface area contributed by atoms with Crippen LogP contribution >= 0.6 is 0 Å². The number of likely N-dealkylation sites (tertiary alicyclic amines) is 1. The molecule has 24 heavy (non-hydrogen) atoms. The molecule has 1 saturated heterocycles. The summed E-state index contributed by atoms with van der Waals surface area (Å²) in [5, 5.41) is 10.5. The van der Waals surface area contributed by atoms with Gasteiger partial charge in [-0.3, -0.25) is 14.6 Å². The first kappa shape index (κ1) is 17.6. The van der Waals surface area contributed by atoms with Gasteiger partial charge in [-0.2, -0.15) is 0 Å². The number of hydrogen-bond donors (Lipinski definition) is 1. The van der Waals surface area contributed by atoms with Crippen LogP contribution in [0.15, 0.2) is 24.3 Å². The maximum absolute atomic E-state index is 12.2. The second-order valence-corrected chi connectivity index (χ2v) is 8.39. The monoisotopic (exact) mass is 330 g/mol. The Kier molecular flexibility index (Phi) is 5.09. The van der Waals surface area contributed by atoms with E-state index in [4.69, 9.17) is 0 Å². The Morgan fingerprint density at radius 2 is 1.88 bits per heavy atom. The van der Waals surface area contributed by atoms with Crippen LogP contribution in [0.5, 0.6) is 0 Å². The highest BCUT2D eigenvalue weighted by Crippen LogP contribution is 2.33. The number of piperidine rings is 1. The van der Waals surface area contributed by atoms with Crippen molar-refractivity contribution in [3.8, 4) is 0 Å². The molecule has 3 rings (SSSR count). The van der Waals surface area contributed by atoms with Crippen LogP contribution in [0.1, 0.15) is 51.0 Å². The summed E-state index contributed by atoms with van der Waals surface area (Å²) in [6.07, 6.45) is 1.76. The maximum atomic E-state index is 12.2. The first-order valence-corrected chi connectivity index (χ1v) is 9.10. The topological polar surface area (TPSA) is 43.8 Å². The van der Waals surface area contributed by atoms with Crippen LogP contribution in [0.4, 0.5) is 0 Å². The summed E-state index contributed by atoms with van der Waals surface area (Å²) in [5.74, 6) is 0.932. The van der Waals surface area contributed by atoms with Gasteiger partial charge in [0.25, 0.3) is 0 Å². The molecule has 0 amide bonds. The number of hydrogen-bond acceptors (Lipinski definition) is 4. The highest BCUT2D eigenvalue weighted by Gasteiger charge is 2.31. The van der Waals surface area contributed by atoms with E-state index in [9.17, 15) is 9.90 Å². The molecular formula is C20H30N2O2. The molecular weight excluding hydrogens is 300 g/mol. The lowest BCUT2D eigenvalue weighted by Gasteiger charge is -2.35. The molecule has 132 valence electrons. The molecule has 0 aliphatic carbocycles. The van der Waals surface area contributed by atoms with Gasteiger partial charge in [0.2, 0.25) is 0 Å². The van der Waals surface area contributed by atoms with Gasteiger partial charge in [0, 0.05) is 18.5 Å². The Morgan fingerprint density at radius 1 is 1.21 bits per heavy atom. The number of carbonyl (C=O) groups excluding carboxylic acids is 1. The van der Waals surface area contributed by atoms with Crippen molar-refractivity contribution in [1.82, 2.24) is 9.80 Å². The molecule has 1 N–H and O–H groups in total. The van der Waals surface area contributed by atoms with Crippen molar-refractivity contribution in [3.05, 3.63) is 35.4 Å². The molecule has 2 aliphatic heterocycles. The third kappa shape index (κ3) is 3.88. The molecule has 4 heteroatoms. The molecule has 0 aromatic heterocycles. The van der Waals surface area contributed by atoms with Crippen LogP contribution in [0.2, 0.25) is 0 Å². The van der Waals surface area contributed by atoms with Crippen LogP contribution in [-0.4, -0.2) is 46.9 Å². The number of benzene rings is 1. The van der Waals surface area contributed by atoms with Crippen molar-refractivity contribution in [2.45, 2.75) is 46.4 Å². The van der Waals surface area contributed by atoms with E-state index in [1.165, 1.54) is 5.56 Å². The minimum atomic E-state index is -0.457. The summed E-state index contributed by atoms with van der Waals surface area (Å²) in [6, 6.07) is 8.18. The van der Waals surface area contributed by atoms with Gasteiger partial charge in [0.05, 0.1) is 6.54 Å². The number of aliphatic hydroxyl groups excluding tert-OH is 1. The number of nitrogens with zero attached hydrogens (tertiary/aromatic N) is 2. The quantitative estimate of drug-likeness (QED) is 0.922. The molecule has 2 aliphatic rings. The lowest BCUT2D eigenvalue weighted by Crippen LogP contribution is -2.42. The zero-order valence-corrected chi connectivity index (χ0v) is 15.2. The van der Waals surface area contributed by atoms with Crippen molar-refractivity contribution in [2.75, 3.05) is 26.2 Å². The van der Waals surface area contributed by atoms with Gasteiger partial charge in [-0.15, -0.1) is 0 Å². The third-order valence-corrected chi connectivity index (χ3v) is 5.46. The van der Waals surface area contributed by atoms with Crippen molar-refractivity contribution in [1.29, 1.82) is 0 Å². The van der Waals surface area contributed by atoms with Crippen molar-refractivity contribution >= 4 is 5.78 Å². The van der Waals surface area contributed by atoms with Gasteiger partial charge in [-0.1, -0.05) is 45.0 Å². The number of fused-ring (bicyclic) bond motifs is 1. The van der Waals surface area contributed by atoms with Crippen molar-refractivity contribution < 1.29 is 9.90 Å². The number of aliphatic hydroxyl groups is 1. The highest BCUT2D eigenvalue weighted by atomic mass is 16.3. The fraction of sp³-hybridized carbons (Fsp3) is 0.650. The minimum Gasteiger partial charge on any atom is -0.374 e. The highest BCUT2D eigenvalue weighted by molar-refractivity contribution is 5.85. The molecule has 1 atom stereocenters. The van der Waals surface area contributed by atoms with Crippen LogP contribution in [-0.2, 0) is 11.3 Å². The minimum absolute atomic E-state index is 0.248. The van der Waals surface area contributed by atoms with Crippen LogP contribution in [0.25, 0.3) is 0 Å². The van der Waals surface area contributed by atoms with E-state index in [1.807, 2.05) is 39.0 Å². The van der Waals surface area contributed by atoms with Gasteiger partial charge in [-0.25, -0.2) is 0 Å². The molecule has 1 unspecified atom stereocenters. The zero-order valence-electron chi connectivity index (χ0n) is 15.2. The molecule has 1 aromatic carbocycles. The molecule has 2 heterocycles. The van der Waals surface area contributed by atoms with E-state index < -0.39 is 6.23 Å². The third-order valence-electron chi connectivity index (χ3n) is 5.46. The molecule has 1 aromatic rings. The second kappa shape index (κ2) is 6.95. The summed E-state index contributed by atoms with van der Waals surface area (Å²) in [4.78, 5) is 16.7. The molecule has 4 nitrogen and oxygen atoms in total. The number of rotatable bonds is 4. The summed E-state index contributed by atoms with van der Waals surface area (Å²) in [5.41, 5.74) is 2.06. The molecule has 0 saturated carbocycles. The summed E-state index contributed by atoms with van der Waals surface area (Å²) < 4.78 is 0. The first-order chi connectivity index (χ1) is 11.3. The molecule has 1 fully saturated rings. The average molecular weight is 330 g/mol. The van der Waals surface area contributed by atoms with E-state index in [-0.39, 0.29) is 5.41 Å².